The van der Waals surface area contributed by atoms with Gasteiger partial charge in [-0.1, -0.05) is 58.8 Å². The second-order valence-corrected chi connectivity index (χ2v) is 14.1. The summed E-state index contributed by atoms with van der Waals surface area (Å²) in [5.74, 6) is 0. The van der Waals surface area contributed by atoms with Crippen molar-refractivity contribution in [2.75, 3.05) is 0 Å². The first-order chi connectivity index (χ1) is 22.9. The zero-order valence-electron chi connectivity index (χ0n) is 27.9. The van der Waals surface area contributed by atoms with Crippen LogP contribution >= 0.6 is 0 Å². The predicted molar refractivity (Wildman–Crippen MR) is 189 cm³/mol. The number of hydrogen-bond acceptors (Lipinski definition) is 2. The molecule has 5 heterocycles. The number of hydrogen-bond donors (Lipinski definition) is 4. The number of benzene rings is 2. The van der Waals surface area contributed by atoms with Crippen LogP contribution in [-0.2, 0) is 21.7 Å². The van der Waals surface area contributed by atoms with Crippen LogP contribution in [0.1, 0.15) is 98.2 Å². The molecule has 0 saturated heterocycles. The standard InChI is InChI=1S/C38H38N10/c1-35(2)27-15-19-31(41-27)37(5,23-7-11-25(12-8-23)45-47-39)33-21-17-29(43-33)36(3,4)30-18-22-34(44-30)38(6,32-20-16-28(35)42-32)24-9-13-26(14-10-24)46-48-40/h7-22,41-44H,1-6H3. The molecule has 0 aliphatic carbocycles. The van der Waals surface area contributed by atoms with Crippen molar-refractivity contribution in [1.29, 1.82) is 0 Å². The Balaban J connectivity index is 1.46. The topological polar surface area (TPSA) is 161 Å². The summed E-state index contributed by atoms with van der Waals surface area (Å²) in [7, 11) is 0. The largest absolute Gasteiger partial charge is 0.360 e. The highest BCUT2D eigenvalue weighted by molar-refractivity contribution is 5.54. The number of fused-ring (bicyclic) bond motifs is 8. The van der Waals surface area contributed by atoms with E-state index in [9.17, 15) is 0 Å². The third-order valence-corrected chi connectivity index (χ3v) is 10.8. The number of nitrogens with zero attached hydrogens (tertiary/aromatic N) is 6. The minimum Gasteiger partial charge on any atom is -0.360 e. The van der Waals surface area contributed by atoms with Crippen LogP contribution in [0, 0.1) is 0 Å². The summed E-state index contributed by atoms with van der Waals surface area (Å²) in [6.07, 6.45) is 0. The van der Waals surface area contributed by atoms with E-state index in [0.29, 0.717) is 11.4 Å². The molecule has 0 saturated carbocycles. The van der Waals surface area contributed by atoms with Crippen molar-refractivity contribution in [3.63, 3.8) is 0 Å². The van der Waals surface area contributed by atoms with E-state index in [1.54, 1.807) is 0 Å². The third kappa shape index (κ3) is 4.57. The number of rotatable bonds is 4. The molecule has 4 aromatic heterocycles. The number of aromatic nitrogens is 4. The molecule has 1 aliphatic rings. The number of nitrogens with one attached hydrogen (secondary N) is 4. The molecule has 6 aromatic rings. The minimum atomic E-state index is -0.573. The minimum absolute atomic E-state index is 0.393. The average Bonchev–Trinajstić information content (AvgIpc) is 3.91. The van der Waals surface area contributed by atoms with Crippen molar-refractivity contribution in [3.8, 4) is 0 Å². The molecular formula is C38H38N10. The molecule has 0 spiro atoms. The van der Waals surface area contributed by atoms with Crippen molar-refractivity contribution >= 4 is 11.4 Å². The molecule has 4 N–H and O–H groups in total. The maximum Gasteiger partial charge on any atom is 0.0723 e. The highest BCUT2D eigenvalue weighted by atomic mass is 15.1. The van der Waals surface area contributed by atoms with E-state index >= 15 is 0 Å². The molecule has 1 aliphatic heterocycles. The summed E-state index contributed by atoms with van der Waals surface area (Å²) >= 11 is 0. The lowest BCUT2D eigenvalue weighted by Gasteiger charge is -2.32. The van der Waals surface area contributed by atoms with E-state index in [4.69, 9.17) is 11.1 Å². The van der Waals surface area contributed by atoms with Crippen molar-refractivity contribution in [1.82, 2.24) is 19.9 Å². The normalized spacial score (nSPS) is 20.8. The van der Waals surface area contributed by atoms with Gasteiger partial charge in [-0.25, -0.2) is 0 Å². The predicted octanol–water partition coefficient (Wildman–Crippen LogP) is 10.6. The molecule has 8 bridgehead atoms. The maximum absolute atomic E-state index is 8.98. The third-order valence-electron chi connectivity index (χ3n) is 10.8. The second-order valence-electron chi connectivity index (χ2n) is 14.1. The highest BCUT2D eigenvalue weighted by Crippen LogP contribution is 2.45. The Hall–Kier alpha value is -5.82. The van der Waals surface area contributed by atoms with E-state index in [0.717, 1.165) is 56.7 Å². The van der Waals surface area contributed by atoms with Crippen LogP contribution in [0.2, 0.25) is 0 Å². The van der Waals surface area contributed by atoms with Gasteiger partial charge in [0.15, 0.2) is 0 Å². The van der Waals surface area contributed by atoms with Crippen LogP contribution < -0.4 is 0 Å². The summed E-state index contributed by atoms with van der Waals surface area (Å²) in [5, 5.41) is 7.60. The summed E-state index contributed by atoms with van der Waals surface area (Å²) in [4.78, 5) is 21.3. The van der Waals surface area contributed by atoms with Gasteiger partial charge in [0.25, 0.3) is 0 Å². The average molecular weight is 635 g/mol. The SMILES string of the molecule is CC1(C)c2ccc([nH]2)C(C)(c2ccc(N=[N+]=[N-])cc2)c2ccc([nH]2)C(C)(C)c2ccc([nH]2)C(C)(c2ccc(N=[N+]=[N-])cc2)c2ccc1[nH]2. The Morgan fingerprint density at radius 1 is 0.396 bits per heavy atom. The Bertz CT molecular complexity index is 1980. The van der Waals surface area contributed by atoms with Gasteiger partial charge in [-0.3, -0.25) is 0 Å². The number of azide groups is 2. The first kappa shape index (κ1) is 30.8. The summed E-state index contributed by atoms with van der Waals surface area (Å²) in [5.41, 5.74) is 27.8. The van der Waals surface area contributed by atoms with Crippen LogP contribution in [0.4, 0.5) is 11.4 Å². The van der Waals surface area contributed by atoms with Gasteiger partial charge in [0.05, 0.1) is 10.8 Å². The highest BCUT2D eigenvalue weighted by Gasteiger charge is 2.40. The lowest BCUT2D eigenvalue weighted by atomic mass is 9.76. The summed E-state index contributed by atoms with van der Waals surface area (Å²) < 4.78 is 0. The Morgan fingerprint density at radius 2 is 0.646 bits per heavy atom. The first-order valence-electron chi connectivity index (χ1n) is 16.0. The smallest absolute Gasteiger partial charge is 0.0723 e. The zero-order chi connectivity index (χ0) is 33.9. The Morgan fingerprint density at radius 3 is 0.896 bits per heavy atom. The fraction of sp³-hybridized carbons (Fsp3) is 0.263. The van der Waals surface area contributed by atoms with Gasteiger partial charge in [0.1, 0.15) is 0 Å². The number of aromatic amines is 4. The molecule has 7 rings (SSSR count). The van der Waals surface area contributed by atoms with Gasteiger partial charge < -0.3 is 19.9 Å². The summed E-state index contributed by atoms with van der Waals surface area (Å²) in [6.45, 7) is 13.3. The van der Waals surface area contributed by atoms with Crippen molar-refractivity contribution in [2.45, 2.75) is 63.2 Å². The molecule has 2 aromatic carbocycles. The van der Waals surface area contributed by atoms with Crippen LogP contribution in [-0.4, -0.2) is 19.9 Å². The molecule has 10 nitrogen and oxygen atoms in total. The number of H-pyrrole nitrogens is 4. The van der Waals surface area contributed by atoms with Gasteiger partial charge in [-0.05, 0) is 112 Å². The van der Waals surface area contributed by atoms with Gasteiger partial charge in [0, 0.05) is 77.6 Å². The molecule has 0 atom stereocenters. The maximum atomic E-state index is 8.98. The van der Waals surface area contributed by atoms with E-state index in [-0.39, 0.29) is 0 Å². The monoisotopic (exact) mass is 634 g/mol. The quantitative estimate of drug-likeness (QED) is 0.0825. The van der Waals surface area contributed by atoms with Gasteiger partial charge >= 0.3 is 0 Å². The van der Waals surface area contributed by atoms with Crippen LogP contribution in [0.3, 0.4) is 0 Å². The molecule has 240 valence electrons. The van der Waals surface area contributed by atoms with Gasteiger partial charge in [-0.15, -0.1) is 0 Å². The van der Waals surface area contributed by atoms with E-state index < -0.39 is 21.7 Å². The molecule has 0 radical (unpaired) electrons. The van der Waals surface area contributed by atoms with E-state index in [1.807, 2.05) is 48.5 Å². The van der Waals surface area contributed by atoms with E-state index in [2.05, 4.69) is 130 Å². The van der Waals surface area contributed by atoms with Crippen molar-refractivity contribution in [3.05, 3.63) is 175 Å². The Labute approximate surface area is 278 Å². The van der Waals surface area contributed by atoms with Crippen LogP contribution in [0.25, 0.3) is 20.9 Å². The van der Waals surface area contributed by atoms with Crippen molar-refractivity contribution < 1.29 is 0 Å². The molecular weight excluding hydrogens is 596 g/mol. The molecule has 0 unspecified atom stereocenters. The van der Waals surface area contributed by atoms with Crippen LogP contribution in [0.15, 0.2) is 107 Å². The summed E-state index contributed by atoms with van der Waals surface area (Å²) in [6, 6.07) is 33.0. The molecule has 0 fully saturated rings. The molecule has 48 heavy (non-hydrogen) atoms. The fourth-order valence-electron chi connectivity index (χ4n) is 7.23. The molecule has 10 heteroatoms. The fourth-order valence-corrected chi connectivity index (χ4v) is 7.23. The lowest BCUT2D eigenvalue weighted by Crippen LogP contribution is -2.29. The van der Waals surface area contributed by atoms with Gasteiger partial charge in [-0.2, -0.15) is 0 Å². The zero-order valence-corrected chi connectivity index (χ0v) is 27.9. The lowest BCUT2D eigenvalue weighted by molar-refractivity contribution is 0.563. The van der Waals surface area contributed by atoms with Crippen LogP contribution in [0.5, 0.6) is 0 Å². The Kier molecular flexibility index (Phi) is 6.98. The van der Waals surface area contributed by atoms with Crippen molar-refractivity contribution in [2.24, 2.45) is 10.2 Å². The van der Waals surface area contributed by atoms with E-state index in [1.165, 1.54) is 0 Å². The van der Waals surface area contributed by atoms with Gasteiger partial charge in [0.2, 0.25) is 0 Å². The first-order valence-corrected chi connectivity index (χ1v) is 16.0. The molecule has 0 amide bonds. The second kappa shape index (κ2) is 10.9.